The maximum atomic E-state index is 12.2. The highest BCUT2D eigenvalue weighted by atomic mass is 79.9. The molecule has 0 saturated heterocycles. The van der Waals surface area contributed by atoms with Gasteiger partial charge in [-0.1, -0.05) is 41.9 Å². The number of carbonyl (C=O) groups is 2. The fourth-order valence-electron chi connectivity index (χ4n) is 2.16. The van der Waals surface area contributed by atoms with Crippen LogP contribution in [0.25, 0.3) is 11.3 Å². The van der Waals surface area contributed by atoms with Crippen LogP contribution in [0, 0.1) is 12.8 Å². The highest BCUT2D eigenvalue weighted by Crippen LogP contribution is 2.22. The standard InChI is InChI=1S/C19H21BrN2O3/c1-12(2)10-21-18(23)11-25-19(24)16-7-8-17(22-13(16)3)14-5-4-6-15(20)9-14/h4-9,12H,10-11H2,1-3H3,(H,21,23). The molecule has 0 spiro atoms. The second kappa shape index (κ2) is 8.76. The first-order valence-corrected chi connectivity index (χ1v) is 8.83. The Labute approximate surface area is 155 Å². The van der Waals surface area contributed by atoms with E-state index < -0.39 is 5.97 Å². The molecule has 5 nitrogen and oxygen atoms in total. The zero-order chi connectivity index (χ0) is 18.4. The predicted molar refractivity (Wildman–Crippen MR) is 100 cm³/mol. The number of aromatic nitrogens is 1. The third-order valence-corrected chi connectivity index (χ3v) is 3.96. The number of amides is 1. The van der Waals surface area contributed by atoms with Gasteiger partial charge in [0.15, 0.2) is 6.61 Å². The molecule has 132 valence electrons. The number of ether oxygens (including phenoxy) is 1. The van der Waals surface area contributed by atoms with Gasteiger partial charge in [0, 0.05) is 16.6 Å². The van der Waals surface area contributed by atoms with Gasteiger partial charge in [0.1, 0.15) is 0 Å². The Kier molecular flexibility index (Phi) is 6.70. The van der Waals surface area contributed by atoms with Crippen molar-refractivity contribution in [3.05, 3.63) is 52.1 Å². The van der Waals surface area contributed by atoms with Crippen LogP contribution < -0.4 is 5.32 Å². The van der Waals surface area contributed by atoms with Crippen molar-refractivity contribution in [3.8, 4) is 11.3 Å². The van der Waals surface area contributed by atoms with Crippen LogP contribution in [-0.2, 0) is 9.53 Å². The Morgan fingerprint density at radius 3 is 2.64 bits per heavy atom. The molecule has 0 bridgehead atoms. The van der Waals surface area contributed by atoms with Crippen LogP contribution in [-0.4, -0.2) is 30.0 Å². The summed E-state index contributed by atoms with van der Waals surface area (Å²) in [4.78, 5) is 28.3. The van der Waals surface area contributed by atoms with E-state index in [-0.39, 0.29) is 12.5 Å². The van der Waals surface area contributed by atoms with E-state index in [0.717, 1.165) is 15.7 Å². The number of pyridine rings is 1. The molecule has 1 amide bonds. The van der Waals surface area contributed by atoms with Crippen molar-refractivity contribution < 1.29 is 14.3 Å². The summed E-state index contributed by atoms with van der Waals surface area (Å²) in [5, 5.41) is 2.70. The number of hydrogen-bond acceptors (Lipinski definition) is 4. The quantitative estimate of drug-likeness (QED) is 0.744. The lowest BCUT2D eigenvalue weighted by Gasteiger charge is -2.10. The van der Waals surface area contributed by atoms with Crippen LogP contribution in [0.15, 0.2) is 40.9 Å². The van der Waals surface area contributed by atoms with Crippen LogP contribution in [0.2, 0.25) is 0 Å². The number of nitrogens with zero attached hydrogens (tertiary/aromatic N) is 1. The van der Waals surface area contributed by atoms with Crippen molar-refractivity contribution in [1.82, 2.24) is 10.3 Å². The number of rotatable bonds is 6. The van der Waals surface area contributed by atoms with E-state index in [9.17, 15) is 9.59 Å². The Hall–Kier alpha value is -2.21. The molecule has 0 aliphatic rings. The van der Waals surface area contributed by atoms with Gasteiger partial charge in [-0.3, -0.25) is 9.78 Å². The smallest absolute Gasteiger partial charge is 0.340 e. The lowest BCUT2D eigenvalue weighted by atomic mass is 10.1. The number of hydrogen-bond donors (Lipinski definition) is 1. The number of esters is 1. The summed E-state index contributed by atoms with van der Waals surface area (Å²) >= 11 is 3.43. The molecule has 0 radical (unpaired) electrons. The van der Waals surface area contributed by atoms with E-state index in [4.69, 9.17) is 4.74 Å². The molecular formula is C19H21BrN2O3. The molecule has 1 aromatic carbocycles. The molecule has 1 N–H and O–H groups in total. The minimum atomic E-state index is -0.550. The lowest BCUT2D eigenvalue weighted by Crippen LogP contribution is -2.31. The number of aryl methyl sites for hydroxylation is 1. The molecule has 0 aliphatic carbocycles. The molecule has 0 atom stereocenters. The zero-order valence-electron chi connectivity index (χ0n) is 14.5. The summed E-state index contributed by atoms with van der Waals surface area (Å²) in [6.45, 7) is 6.00. The highest BCUT2D eigenvalue weighted by molar-refractivity contribution is 9.10. The van der Waals surface area contributed by atoms with E-state index in [1.165, 1.54) is 0 Å². The molecule has 1 heterocycles. The van der Waals surface area contributed by atoms with E-state index in [1.54, 1.807) is 19.1 Å². The first-order valence-electron chi connectivity index (χ1n) is 8.04. The summed E-state index contributed by atoms with van der Waals surface area (Å²) in [5.74, 6) is -0.513. The van der Waals surface area contributed by atoms with Gasteiger partial charge < -0.3 is 10.1 Å². The number of nitrogens with one attached hydrogen (secondary N) is 1. The summed E-state index contributed by atoms with van der Waals surface area (Å²) in [5.41, 5.74) is 2.64. The maximum Gasteiger partial charge on any atom is 0.340 e. The van der Waals surface area contributed by atoms with Crippen molar-refractivity contribution in [2.45, 2.75) is 20.8 Å². The van der Waals surface area contributed by atoms with Crippen LogP contribution >= 0.6 is 15.9 Å². The molecule has 25 heavy (non-hydrogen) atoms. The second-order valence-corrected chi connectivity index (χ2v) is 7.03. The lowest BCUT2D eigenvalue weighted by molar-refractivity contribution is -0.124. The van der Waals surface area contributed by atoms with E-state index in [2.05, 4.69) is 26.2 Å². The van der Waals surface area contributed by atoms with Crippen molar-refractivity contribution in [3.63, 3.8) is 0 Å². The molecule has 0 saturated carbocycles. The third-order valence-electron chi connectivity index (χ3n) is 3.47. The number of halogens is 1. The predicted octanol–water partition coefficient (Wildman–Crippen LogP) is 3.75. The van der Waals surface area contributed by atoms with Gasteiger partial charge >= 0.3 is 5.97 Å². The van der Waals surface area contributed by atoms with Gasteiger partial charge in [0.2, 0.25) is 0 Å². The molecule has 1 aromatic heterocycles. The minimum Gasteiger partial charge on any atom is -0.452 e. The second-order valence-electron chi connectivity index (χ2n) is 6.11. The number of carbonyl (C=O) groups excluding carboxylic acids is 2. The monoisotopic (exact) mass is 404 g/mol. The molecule has 0 aliphatic heterocycles. The van der Waals surface area contributed by atoms with Gasteiger partial charge in [-0.25, -0.2) is 4.79 Å². The normalized spacial score (nSPS) is 10.6. The summed E-state index contributed by atoms with van der Waals surface area (Å²) in [6, 6.07) is 11.2. The molecule has 2 aromatic rings. The minimum absolute atomic E-state index is 0.293. The molecule has 2 rings (SSSR count). The zero-order valence-corrected chi connectivity index (χ0v) is 16.1. The van der Waals surface area contributed by atoms with E-state index in [0.29, 0.717) is 23.7 Å². The van der Waals surface area contributed by atoms with Gasteiger partial charge in [-0.15, -0.1) is 0 Å². The highest BCUT2D eigenvalue weighted by Gasteiger charge is 2.14. The fourth-order valence-corrected chi connectivity index (χ4v) is 2.56. The molecular weight excluding hydrogens is 384 g/mol. The van der Waals surface area contributed by atoms with Crippen molar-refractivity contribution in [2.75, 3.05) is 13.2 Å². The SMILES string of the molecule is Cc1nc(-c2cccc(Br)c2)ccc1C(=O)OCC(=O)NCC(C)C. The average molecular weight is 405 g/mol. The topological polar surface area (TPSA) is 68.3 Å². The van der Waals surface area contributed by atoms with Gasteiger partial charge in [-0.05, 0) is 37.1 Å². The Balaban J connectivity index is 2.02. The van der Waals surface area contributed by atoms with Crippen molar-refractivity contribution >= 4 is 27.8 Å². The Morgan fingerprint density at radius 2 is 2.00 bits per heavy atom. The van der Waals surface area contributed by atoms with Crippen LogP contribution in [0.1, 0.15) is 29.9 Å². The van der Waals surface area contributed by atoms with Crippen molar-refractivity contribution in [2.24, 2.45) is 5.92 Å². The van der Waals surface area contributed by atoms with Crippen molar-refractivity contribution in [1.29, 1.82) is 0 Å². The van der Waals surface area contributed by atoms with Gasteiger partial charge in [-0.2, -0.15) is 0 Å². The largest absolute Gasteiger partial charge is 0.452 e. The van der Waals surface area contributed by atoms with Gasteiger partial charge in [0.25, 0.3) is 5.91 Å². The maximum absolute atomic E-state index is 12.2. The number of benzene rings is 1. The summed E-state index contributed by atoms with van der Waals surface area (Å²) in [6.07, 6.45) is 0. The Bertz CT molecular complexity index is 775. The molecule has 0 unspecified atom stereocenters. The van der Waals surface area contributed by atoms with Gasteiger partial charge in [0.05, 0.1) is 17.0 Å². The first kappa shape index (κ1) is 19.1. The summed E-state index contributed by atoms with van der Waals surface area (Å²) < 4.78 is 6.03. The van der Waals surface area contributed by atoms with Crippen LogP contribution in [0.4, 0.5) is 0 Å². The molecule has 6 heteroatoms. The van der Waals surface area contributed by atoms with Crippen LogP contribution in [0.3, 0.4) is 0 Å². The first-order chi connectivity index (χ1) is 11.9. The Morgan fingerprint density at radius 1 is 1.24 bits per heavy atom. The van der Waals surface area contributed by atoms with E-state index in [1.807, 2.05) is 38.1 Å². The third kappa shape index (κ3) is 5.67. The van der Waals surface area contributed by atoms with Crippen LogP contribution in [0.5, 0.6) is 0 Å². The molecule has 0 fully saturated rings. The van der Waals surface area contributed by atoms with E-state index >= 15 is 0 Å². The summed E-state index contributed by atoms with van der Waals surface area (Å²) in [7, 11) is 0. The fraction of sp³-hybridized carbons (Fsp3) is 0.316. The average Bonchev–Trinajstić information content (AvgIpc) is 2.57.